The highest BCUT2D eigenvalue weighted by Crippen LogP contribution is 2.55. The summed E-state index contributed by atoms with van der Waals surface area (Å²) in [6, 6.07) is 4.19. The van der Waals surface area contributed by atoms with Crippen molar-refractivity contribution in [3.63, 3.8) is 0 Å². The normalized spacial score (nSPS) is 35.5. The van der Waals surface area contributed by atoms with E-state index in [0.717, 1.165) is 17.0 Å². The second kappa shape index (κ2) is 5.40. The van der Waals surface area contributed by atoms with Gasteiger partial charge in [0.05, 0.1) is 42.4 Å². The van der Waals surface area contributed by atoms with Crippen LogP contribution in [0.4, 0.5) is 18.9 Å². The quantitative estimate of drug-likeness (QED) is 0.578. The summed E-state index contributed by atoms with van der Waals surface area (Å²) in [5.74, 6) is -2.86. The first kappa shape index (κ1) is 16.9. The van der Waals surface area contributed by atoms with Crippen molar-refractivity contribution in [2.24, 2.45) is 11.8 Å². The maximum absolute atomic E-state index is 13.1. The summed E-state index contributed by atoms with van der Waals surface area (Å²) in [6.07, 6.45) is -2.67. The van der Waals surface area contributed by atoms with E-state index in [4.69, 9.17) is 14.2 Å². The van der Waals surface area contributed by atoms with Gasteiger partial charge in [-0.05, 0) is 24.3 Å². The van der Waals surface area contributed by atoms with E-state index < -0.39 is 53.4 Å². The summed E-state index contributed by atoms with van der Waals surface area (Å²) in [7, 11) is 0. The topological polar surface area (TPSA) is 65.1 Å². The van der Waals surface area contributed by atoms with E-state index in [1.165, 1.54) is 12.1 Å². The molecule has 5 rings (SSSR count). The smallest absolute Gasteiger partial charge is 0.357 e. The number of amides is 2. The highest BCUT2D eigenvalue weighted by molar-refractivity contribution is 6.23. The molecule has 6 nitrogen and oxygen atoms in total. The Morgan fingerprint density at radius 1 is 1.11 bits per heavy atom. The third-order valence-corrected chi connectivity index (χ3v) is 5.50. The number of imide groups is 1. The fourth-order valence-corrected chi connectivity index (χ4v) is 4.40. The Morgan fingerprint density at radius 3 is 2.56 bits per heavy atom. The molecule has 3 fully saturated rings. The number of anilines is 1. The Morgan fingerprint density at radius 2 is 1.85 bits per heavy atom. The first-order chi connectivity index (χ1) is 12.8. The lowest BCUT2D eigenvalue weighted by molar-refractivity contribution is -0.180. The number of hydrogen-bond acceptors (Lipinski definition) is 5. The first-order valence-corrected chi connectivity index (χ1v) is 8.48. The van der Waals surface area contributed by atoms with Crippen LogP contribution in [-0.4, -0.2) is 43.0 Å². The molecule has 4 heterocycles. The van der Waals surface area contributed by atoms with Crippen molar-refractivity contribution in [3.05, 3.63) is 42.0 Å². The van der Waals surface area contributed by atoms with E-state index in [1.807, 2.05) is 0 Å². The van der Waals surface area contributed by atoms with Gasteiger partial charge in [0.15, 0.2) is 11.9 Å². The fraction of sp³-hybridized carbons (Fsp3) is 0.444. The monoisotopic (exact) mass is 381 g/mol. The Balaban J connectivity index is 1.54. The van der Waals surface area contributed by atoms with E-state index in [9.17, 15) is 22.8 Å². The lowest BCUT2D eigenvalue weighted by Crippen LogP contribution is -2.49. The van der Waals surface area contributed by atoms with Gasteiger partial charge in [-0.3, -0.25) is 9.59 Å². The highest BCUT2D eigenvalue weighted by atomic mass is 19.4. The summed E-state index contributed by atoms with van der Waals surface area (Å²) in [6.45, 7) is 0.677. The van der Waals surface area contributed by atoms with Crippen molar-refractivity contribution >= 4 is 17.5 Å². The number of carbonyl (C=O) groups excluding carboxylic acids is 2. The van der Waals surface area contributed by atoms with Crippen LogP contribution in [-0.2, 0) is 30.0 Å². The van der Waals surface area contributed by atoms with E-state index in [-0.39, 0.29) is 5.69 Å². The number of ether oxygens (including phenoxy) is 3. The molecule has 4 aliphatic rings. The average molecular weight is 381 g/mol. The van der Waals surface area contributed by atoms with Crippen molar-refractivity contribution in [2.45, 2.75) is 24.2 Å². The maximum Gasteiger partial charge on any atom is 0.416 e. The number of rotatable bonds is 2. The zero-order chi connectivity index (χ0) is 19.0. The van der Waals surface area contributed by atoms with Crippen LogP contribution in [0.5, 0.6) is 0 Å². The number of carbonyl (C=O) groups is 2. The summed E-state index contributed by atoms with van der Waals surface area (Å²) in [4.78, 5) is 26.9. The zero-order valence-corrected chi connectivity index (χ0v) is 13.8. The zero-order valence-electron chi connectivity index (χ0n) is 13.8. The van der Waals surface area contributed by atoms with Gasteiger partial charge in [-0.1, -0.05) is 12.1 Å². The molecule has 3 saturated heterocycles. The van der Waals surface area contributed by atoms with Crippen LogP contribution in [0.15, 0.2) is 36.4 Å². The van der Waals surface area contributed by atoms with Crippen LogP contribution >= 0.6 is 0 Å². The van der Waals surface area contributed by atoms with Crippen LogP contribution in [0, 0.1) is 11.8 Å². The van der Waals surface area contributed by atoms with Gasteiger partial charge in [0.2, 0.25) is 11.8 Å². The summed E-state index contributed by atoms with van der Waals surface area (Å²) in [5.41, 5.74) is -2.25. The van der Waals surface area contributed by atoms with Gasteiger partial charge in [-0.2, -0.15) is 13.2 Å². The molecule has 142 valence electrons. The molecule has 9 heteroatoms. The first-order valence-electron chi connectivity index (χ1n) is 8.48. The minimum Gasteiger partial charge on any atom is -0.357 e. The van der Waals surface area contributed by atoms with Gasteiger partial charge in [-0.15, -0.1) is 0 Å². The Hall–Kier alpha value is -2.23. The number of fused-ring (bicyclic) bond motifs is 5. The van der Waals surface area contributed by atoms with Gasteiger partial charge in [0, 0.05) is 0 Å². The SMILES string of the molecule is O=C1[C@@H]2[C@@H](C(=O)N1c1cccc(C(F)(F)F)c1)[C@@]1(C3OCCO3)C=C[C@H]2O1. The molecule has 4 atom stereocenters. The fourth-order valence-electron chi connectivity index (χ4n) is 4.40. The number of hydrogen-bond donors (Lipinski definition) is 0. The minimum absolute atomic E-state index is 0.1000. The van der Waals surface area contributed by atoms with Crippen LogP contribution in [0.1, 0.15) is 5.56 Å². The molecule has 0 spiro atoms. The van der Waals surface area contributed by atoms with Crippen LogP contribution in [0.2, 0.25) is 0 Å². The number of benzene rings is 1. The van der Waals surface area contributed by atoms with E-state index in [0.29, 0.717) is 13.2 Å². The molecule has 0 aromatic heterocycles. The highest BCUT2D eigenvalue weighted by Gasteiger charge is 2.71. The lowest BCUT2D eigenvalue weighted by Gasteiger charge is -2.32. The van der Waals surface area contributed by atoms with Crippen molar-refractivity contribution in [1.29, 1.82) is 0 Å². The molecule has 27 heavy (non-hydrogen) atoms. The second-order valence-electron chi connectivity index (χ2n) is 6.93. The lowest BCUT2D eigenvalue weighted by atomic mass is 9.76. The maximum atomic E-state index is 13.1. The van der Waals surface area contributed by atoms with E-state index >= 15 is 0 Å². The van der Waals surface area contributed by atoms with E-state index in [2.05, 4.69) is 0 Å². The Bertz CT molecular complexity index is 863. The van der Waals surface area contributed by atoms with Gasteiger partial charge >= 0.3 is 6.18 Å². The number of alkyl halides is 3. The largest absolute Gasteiger partial charge is 0.416 e. The number of halogens is 3. The Kier molecular flexibility index (Phi) is 3.38. The second-order valence-corrected chi connectivity index (χ2v) is 6.93. The molecule has 1 aromatic carbocycles. The third-order valence-electron chi connectivity index (χ3n) is 5.50. The summed E-state index contributed by atoms with van der Waals surface area (Å²) < 4.78 is 56.0. The molecule has 0 radical (unpaired) electrons. The number of nitrogens with zero attached hydrogens (tertiary/aromatic N) is 1. The third kappa shape index (κ3) is 2.19. The van der Waals surface area contributed by atoms with Gasteiger partial charge in [-0.25, -0.2) is 4.90 Å². The van der Waals surface area contributed by atoms with Crippen LogP contribution in [0.25, 0.3) is 0 Å². The average Bonchev–Trinajstić information content (AvgIpc) is 3.38. The molecule has 1 aromatic rings. The van der Waals surface area contributed by atoms with Crippen molar-refractivity contribution < 1.29 is 37.0 Å². The van der Waals surface area contributed by atoms with Crippen LogP contribution < -0.4 is 4.90 Å². The molecular weight excluding hydrogens is 367 g/mol. The molecule has 2 amide bonds. The van der Waals surface area contributed by atoms with Crippen molar-refractivity contribution in [2.75, 3.05) is 18.1 Å². The molecule has 4 aliphatic heterocycles. The molecule has 2 bridgehead atoms. The standard InChI is InChI=1S/C18H14F3NO5/c19-18(20,21)9-2-1-3-10(8-9)22-14(23)12-11-4-5-17(27-11,13(12)15(22)24)16-25-6-7-26-16/h1-5,8,11-13,16H,6-7H2/t11-,12+,13+,17-/m1/s1. The van der Waals surface area contributed by atoms with Crippen LogP contribution in [0.3, 0.4) is 0 Å². The summed E-state index contributed by atoms with van der Waals surface area (Å²) >= 11 is 0. The predicted octanol–water partition coefficient (Wildman–Crippen LogP) is 1.89. The summed E-state index contributed by atoms with van der Waals surface area (Å²) in [5, 5.41) is 0. The van der Waals surface area contributed by atoms with E-state index in [1.54, 1.807) is 12.2 Å². The Labute approximate surface area is 151 Å². The molecule has 0 saturated carbocycles. The van der Waals surface area contributed by atoms with Gasteiger partial charge in [0.25, 0.3) is 0 Å². The van der Waals surface area contributed by atoms with Gasteiger partial charge in [0.1, 0.15) is 0 Å². The minimum atomic E-state index is -4.58. The molecule has 0 N–H and O–H groups in total. The molecule has 0 aliphatic carbocycles. The molecule has 0 unspecified atom stereocenters. The predicted molar refractivity (Wildman–Crippen MR) is 83.4 cm³/mol. The van der Waals surface area contributed by atoms with Gasteiger partial charge < -0.3 is 14.2 Å². The van der Waals surface area contributed by atoms with Crippen molar-refractivity contribution in [3.8, 4) is 0 Å². The molecular formula is C18H14F3NO5. The van der Waals surface area contributed by atoms with Crippen molar-refractivity contribution in [1.82, 2.24) is 0 Å².